The lowest BCUT2D eigenvalue weighted by Gasteiger charge is -2.03. The highest BCUT2D eigenvalue weighted by molar-refractivity contribution is 5.74. The topological polar surface area (TPSA) is 148 Å². The average molecular weight is 325 g/mol. The number of carboxylic acids is 2. The number of nitrogens with zero attached hydrogens (tertiary/aromatic N) is 2. The van der Waals surface area contributed by atoms with Crippen LogP contribution in [0.4, 0.5) is 0 Å². The van der Waals surface area contributed by atoms with Crippen molar-refractivity contribution in [1.82, 2.24) is 9.80 Å². The van der Waals surface area contributed by atoms with Crippen molar-refractivity contribution in [2.24, 2.45) is 5.73 Å². The molecule has 0 saturated carbocycles. The Bertz CT molecular complexity index is 265. The Balaban J connectivity index is -0.000000261. The van der Waals surface area contributed by atoms with E-state index in [0.717, 1.165) is 13.1 Å². The fourth-order valence-corrected chi connectivity index (χ4v) is 0.802. The van der Waals surface area contributed by atoms with E-state index in [9.17, 15) is 9.59 Å². The largest absolute Gasteiger partial charge is 0.481 e. The maximum Gasteiger partial charge on any atom is 0.320 e. The Morgan fingerprint density at radius 1 is 0.955 bits per heavy atom. The van der Waals surface area contributed by atoms with Crippen molar-refractivity contribution in [1.29, 1.82) is 0 Å². The Kier molecular flexibility index (Phi) is 20.8. The summed E-state index contributed by atoms with van der Waals surface area (Å²) in [5.41, 5.74) is 5.00. The number of carbonyl (C=O) groups is 2. The minimum atomic E-state index is -1.17. The van der Waals surface area contributed by atoms with Gasteiger partial charge in [-0.2, -0.15) is 0 Å². The van der Waals surface area contributed by atoms with Gasteiger partial charge >= 0.3 is 11.9 Å². The number of hydrogen-bond donors (Lipinski definition) is 5. The standard InChI is InChI=1S/C5H9NO4.2C4H11NO/c6-3(5(9)10)1-2-4(7)8;2*1-5(2)3-4-6/h3H,1-2,6H2,(H,7,8)(H,9,10);2*6H,3-4H2,1-2H3/t3-;;/m0../s1. The molecule has 9 heteroatoms. The maximum atomic E-state index is 9.99. The first-order valence-electron chi connectivity index (χ1n) is 6.79. The summed E-state index contributed by atoms with van der Waals surface area (Å²) in [5, 5.41) is 32.7. The molecule has 0 aliphatic rings. The molecule has 0 aliphatic carbocycles. The predicted octanol–water partition coefficient (Wildman–Crippen LogP) is -1.66. The molecule has 0 rings (SSSR count). The molecule has 1 atom stereocenters. The number of aliphatic hydroxyl groups excluding tert-OH is 2. The molecule has 0 spiro atoms. The van der Waals surface area contributed by atoms with Crippen LogP contribution < -0.4 is 5.73 Å². The Morgan fingerprint density at radius 2 is 1.32 bits per heavy atom. The lowest BCUT2D eigenvalue weighted by molar-refractivity contribution is -0.139. The highest BCUT2D eigenvalue weighted by Crippen LogP contribution is 1.93. The molecule has 0 radical (unpaired) electrons. The van der Waals surface area contributed by atoms with Gasteiger partial charge in [-0.15, -0.1) is 0 Å². The number of aliphatic hydroxyl groups is 2. The molecule has 22 heavy (non-hydrogen) atoms. The van der Waals surface area contributed by atoms with Gasteiger partial charge in [0.1, 0.15) is 6.04 Å². The summed E-state index contributed by atoms with van der Waals surface area (Å²) in [6, 6.07) is -1.06. The number of nitrogens with two attached hydrogens (primary N) is 1. The molecule has 0 heterocycles. The molecule has 0 unspecified atom stereocenters. The number of rotatable bonds is 8. The lowest BCUT2D eigenvalue weighted by Crippen LogP contribution is -2.30. The van der Waals surface area contributed by atoms with E-state index in [4.69, 9.17) is 26.2 Å². The van der Waals surface area contributed by atoms with Crippen molar-refractivity contribution < 1.29 is 30.0 Å². The van der Waals surface area contributed by atoms with E-state index >= 15 is 0 Å². The van der Waals surface area contributed by atoms with Gasteiger partial charge in [-0.05, 0) is 34.6 Å². The molecule has 0 aromatic carbocycles. The summed E-state index contributed by atoms with van der Waals surface area (Å²) in [4.78, 5) is 23.7. The summed E-state index contributed by atoms with van der Waals surface area (Å²) < 4.78 is 0. The summed E-state index contributed by atoms with van der Waals surface area (Å²) in [6.45, 7) is 2.04. The Morgan fingerprint density at radius 3 is 1.45 bits per heavy atom. The van der Waals surface area contributed by atoms with Crippen LogP contribution >= 0.6 is 0 Å². The van der Waals surface area contributed by atoms with Crippen molar-refractivity contribution in [3.05, 3.63) is 0 Å². The molecule has 0 fully saturated rings. The van der Waals surface area contributed by atoms with E-state index in [1.807, 2.05) is 38.0 Å². The molecule has 134 valence electrons. The van der Waals surface area contributed by atoms with Crippen LogP contribution in [0.3, 0.4) is 0 Å². The highest BCUT2D eigenvalue weighted by Gasteiger charge is 2.12. The summed E-state index contributed by atoms with van der Waals surface area (Å²) in [6.07, 6.45) is -0.224. The van der Waals surface area contributed by atoms with E-state index in [1.54, 1.807) is 0 Å². The third-order valence-corrected chi connectivity index (χ3v) is 2.08. The monoisotopic (exact) mass is 325 g/mol. The second kappa shape index (κ2) is 17.8. The first-order valence-corrected chi connectivity index (χ1v) is 6.79. The van der Waals surface area contributed by atoms with Crippen LogP contribution in [-0.4, -0.2) is 103 Å². The molecule has 6 N–H and O–H groups in total. The van der Waals surface area contributed by atoms with Crippen LogP contribution in [0.25, 0.3) is 0 Å². The minimum Gasteiger partial charge on any atom is -0.481 e. The van der Waals surface area contributed by atoms with Crippen molar-refractivity contribution >= 4 is 11.9 Å². The summed E-state index contributed by atoms with van der Waals surface area (Å²) >= 11 is 0. The fourth-order valence-electron chi connectivity index (χ4n) is 0.802. The fraction of sp³-hybridized carbons (Fsp3) is 0.846. The van der Waals surface area contributed by atoms with Gasteiger partial charge in [0.25, 0.3) is 0 Å². The van der Waals surface area contributed by atoms with Crippen molar-refractivity contribution in [2.45, 2.75) is 18.9 Å². The molecular weight excluding hydrogens is 294 g/mol. The molecule has 0 aliphatic heterocycles. The number of carboxylic acid groups (broad SMARTS) is 2. The molecular formula is C13H31N3O6. The molecule has 0 aromatic heterocycles. The normalized spacial score (nSPS) is 11.1. The molecule has 0 aromatic rings. The van der Waals surface area contributed by atoms with E-state index in [2.05, 4.69) is 0 Å². The first-order chi connectivity index (χ1) is 10.1. The van der Waals surface area contributed by atoms with E-state index in [0.29, 0.717) is 0 Å². The second-order valence-electron chi connectivity index (χ2n) is 4.93. The van der Waals surface area contributed by atoms with Crippen molar-refractivity contribution in [3.8, 4) is 0 Å². The predicted molar refractivity (Wildman–Crippen MR) is 83.8 cm³/mol. The average Bonchev–Trinajstić information content (AvgIpc) is 2.36. The van der Waals surface area contributed by atoms with Gasteiger partial charge in [-0.1, -0.05) is 0 Å². The van der Waals surface area contributed by atoms with Crippen molar-refractivity contribution in [3.63, 3.8) is 0 Å². The quantitative estimate of drug-likeness (QED) is 0.354. The van der Waals surface area contributed by atoms with Crippen LogP contribution in [0, 0.1) is 0 Å². The molecule has 9 nitrogen and oxygen atoms in total. The van der Waals surface area contributed by atoms with Crippen LogP contribution in [0.15, 0.2) is 0 Å². The Labute approximate surface area is 131 Å². The van der Waals surface area contributed by atoms with Gasteiger partial charge in [0, 0.05) is 19.5 Å². The minimum absolute atomic E-state index is 0.0231. The van der Waals surface area contributed by atoms with Gasteiger partial charge in [0.2, 0.25) is 0 Å². The van der Waals surface area contributed by atoms with Crippen LogP contribution in [0.1, 0.15) is 12.8 Å². The zero-order valence-corrected chi connectivity index (χ0v) is 13.9. The number of aliphatic carboxylic acids is 2. The summed E-state index contributed by atoms with van der Waals surface area (Å²) in [5.74, 6) is -2.20. The van der Waals surface area contributed by atoms with Crippen LogP contribution in [0.5, 0.6) is 0 Å². The lowest BCUT2D eigenvalue weighted by atomic mass is 10.2. The van der Waals surface area contributed by atoms with Crippen molar-refractivity contribution in [2.75, 3.05) is 54.5 Å². The Hall–Kier alpha value is -1.26. The van der Waals surface area contributed by atoms with E-state index < -0.39 is 18.0 Å². The van der Waals surface area contributed by atoms with E-state index in [-0.39, 0.29) is 26.1 Å². The van der Waals surface area contributed by atoms with Crippen LogP contribution in [-0.2, 0) is 9.59 Å². The molecule has 0 saturated heterocycles. The third-order valence-electron chi connectivity index (χ3n) is 2.08. The first kappa shape index (κ1) is 25.7. The van der Waals surface area contributed by atoms with Gasteiger partial charge < -0.3 is 36.0 Å². The SMILES string of the molecule is CN(C)CCO.CN(C)CCO.N[C@@H](CCC(=O)O)C(=O)O. The molecule has 0 bridgehead atoms. The van der Waals surface area contributed by atoms with Gasteiger partial charge in [-0.3, -0.25) is 9.59 Å². The highest BCUT2D eigenvalue weighted by atomic mass is 16.4. The van der Waals surface area contributed by atoms with Gasteiger partial charge in [-0.25, -0.2) is 0 Å². The smallest absolute Gasteiger partial charge is 0.320 e. The molecule has 0 amide bonds. The van der Waals surface area contributed by atoms with Gasteiger partial charge in [0.15, 0.2) is 0 Å². The van der Waals surface area contributed by atoms with E-state index in [1.165, 1.54) is 0 Å². The summed E-state index contributed by atoms with van der Waals surface area (Å²) in [7, 11) is 7.71. The number of hydrogen-bond acceptors (Lipinski definition) is 7. The maximum absolute atomic E-state index is 9.99. The zero-order chi connectivity index (χ0) is 18.1. The third kappa shape index (κ3) is 31.2. The zero-order valence-electron chi connectivity index (χ0n) is 13.9. The van der Waals surface area contributed by atoms with Gasteiger partial charge in [0.05, 0.1) is 13.2 Å². The second-order valence-corrected chi connectivity index (χ2v) is 4.93. The van der Waals surface area contributed by atoms with Crippen LogP contribution in [0.2, 0.25) is 0 Å². The number of likely N-dealkylation sites (N-methyl/N-ethyl adjacent to an activating group) is 2.